The number of fused-ring (bicyclic) bond motifs is 2. The van der Waals surface area contributed by atoms with Crippen molar-refractivity contribution >= 4 is 28.6 Å². The molecular weight excluding hydrogens is 438 g/mol. The van der Waals surface area contributed by atoms with Crippen LogP contribution in [0.3, 0.4) is 0 Å². The Balaban J connectivity index is 1.24. The van der Waals surface area contributed by atoms with Crippen LogP contribution in [0.15, 0.2) is 43.0 Å². The molecule has 0 saturated carbocycles. The Kier molecular flexibility index (Phi) is 5.75. The van der Waals surface area contributed by atoms with E-state index in [0.29, 0.717) is 11.9 Å². The van der Waals surface area contributed by atoms with E-state index in [0.717, 1.165) is 74.9 Å². The maximum absolute atomic E-state index is 5.04. The van der Waals surface area contributed by atoms with Crippen molar-refractivity contribution in [1.29, 1.82) is 0 Å². The van der Waals surface area contributed by atoms with Crippen molar-refractivity contribution in [2.75, 3.05) is 47.8 Å². The van der Waals surface area contributed by atoms with E-state index in [-0.39, 0.29) is 0 Å². The van der Waals surface area contributed by atoms with E-state index in [2.05, 4.69) is 67.0 Å². The fourth-order valence-electron chi connectivity index (χ4n) is 5.46. The molecule has 1 aromatic carbocycles. The predicted octanol–water partition coefficient (Wildman–Crippen LogP) is 3.57. The van der Waals surface area contributed by atoms with Gasteiger partial charge < -0.3 is 24.3 Å². The monoisotopic (exact) mass is 471 g/mol. The summed E-state index contributed by atoms with van der Waals surface area (Å²) in [5.74, 6) is 3.14. The molecule has 6 rings (SSSR count). The first-order valence-electron chi connectivity index (χ1n) is 12.7. The third-order valence-electron chi connectivity index (χ3n) is 7.29. The van der Waals surface area contributed by atoms with Gasteiger partial charge >= 0.3 is 0 Å². The molecule has 0 spiro atoms. The Morgan fingerprint density at radius 3 is 2.80 bits per heavy atom. The average molecular weight is 472 g/mol. The van der Waals surface area contributed by atoms with Crippen molar-refractivity contribution in [3.05, 3.63) is 54.4 Å². The molecule has 0 amide bonds. The van der Waals surface area contributed by atoms with Crippen molar-refractivity contribution in [2.45, 2.75) is 38.6 Å². The molecule has 1 unspecified atom stereocenters. The first-order valence-corrected chi connectivity index (χ1v) is 12.7. The summed E-state index contributed by atoms with van der Waals surface area (Å²) in [6.07, 6.45) is 9.19. The van der Waals surface area contributed by atoms with Crippen molar-refractivity contribution in [1.82, 2.24) is 29.1 Å². The van der Waals surface area contributed by atoms with E-state index in [9.17, 15) is 0 Å². The predicted molar refractivity (Wildman–Crippen MR) is 139 cm³/mol. The summed E-state index contributed by atoms with van der Waals surface area (Å²) in [5.41, 5.74) is 4.33. The lowest BCUT2D eigenvalue weighted by atomic mass is 9.99. The van der Waals surface area contributed by atoms with Gasteiger partial charge in [-0.3, -0.25) is 0 Å². The number of aryl methyl sites for hydroxylation is 3. The van der Waals surface area contributed by atoms with Gasteiger partial charge in [-0.05, 0) is 43.9 Å². The van der Waals surface area contributed by atoms with Gasteiger partial charge in [0.25, 0.3) is 0 Å². The second-order valence-electron chi connectivity index (χ2n) is 9.76. The smallest absolute Gasteiger partial charge is 0.226 e. The molecule has 182 valence electrons. The lowest BCUT2D eigenvalue weighted by molar-refractivity contribution is 0.453. The van der Waals surface area contributed by atoms with Crippen LogP contribution in [0.5, 0.6) is 0 Å². The van der Waals surface area contributed by atoms with Gasteiger partial charge in [-0.2, -0.15) is 9.97 Å². The number of anilines is 3. The Bertz CT molecular complexity index is 1320. The first-order chi connectivity index (χ1) is 17.2. The summed E-state index contributed by atoms with van der Waals surface area (Å²) < 4.78 is 4.30. The van der Waals surface area contributed by atoms with Crippen LogP contribution in [0.4, 0.5) is 17.5 Å². The number of hydrogen-bond donors (Lipinski definition) is 1. The zero-order valence-electron chi connectivity index (χ0n) is 20.6. The zero-order chi connectivity index (χ0) is 23.8. The molecule has 4 aromatic rings. The number of nitrogens with zero attached hydrogens (tertiary/aromatic N) is 8. The van der Waals surface area contributed by atoms with Crippen LogP contribution in [-0.2, 0) is 13.6 Å². The van der Waals surface area contributed by atoms with Crippen molar-refractivity contribution < 1.29 is 0 Å². The highest BCUT2D eigenvalue weighted by Gasteiger charge is 2.24. The Hall–Kier alpha value is -3.62. The maximum Gasteiger partial charge on any atom is 0.226 e. The van der Waals surface area contributed by atoms with Crippen LogP contribution in [0.1, 0.15) is 36.6 Å². The summed E-state index contributed by atoms with van der Waals surface area (Å²) >= 11 is 0. The minimum Gasteiger partial charge on any atom is -0.370 e. The van der Waals surface area contributed by atoms with Crippen LogP contribution in [-0.4, -0.2) is 61.8 Å². The average Bonchev–Trinajstić information content (AvgIpc) is 3.42. The molecule has 9 heteroatoms. The van der Waals surface area contributed by atoms with Crippen LogP contribution < -0.4 is 15.1 Å². The standard InChI is InChI=1S/C26H33N9/c1-19-6-3-8-21(16-19)33-11-5-12-35(15-14-33)25-22-23(29-18-32(22)2)30-26(31-25)28-17-20-7-4-10-34-13-9-27-24(20)34/h3,6,8-9,13,16,18,20H,4-5,7,10-12,14-15,17H2,1-2H3,(H,28,30,31). The van der Waals surface area contributed by atoms with E-state index in [1.165, 1.54) is 17.7 Å². The highest BCUT2D eigenvalue weighted by Crippen LogP contribution is 2.29. The van der Waals surface area contributed by atoms with Crippen molar-refractivity contribution in [3.63, 3.8) is 0 Å². The van der Waals surface area contributed by atoms with Gasteiger partial charge in [0, 0.05) is 70.3 Å². The van der Waals surface area contributed by atoms with Crippen LogP contribution in [0, 0.1) is 6.92 Å². The molecule has 0 aliphatic carbocycles. The summed E-state index contributed by atoms with van der Waals surface area (Å²) in [5, 5.41) is 3.52. The van der Waals surface area contributed by atoms with E-state index < -0.39 is 0 Å². The molecule has 0 bridgehead atoms. The molecule has 9 nitrogen and oxygen atoms in total. The molecule has 35 heavy (non-hydrogen) atoms. The molecule has 1 saturated heterocycles. The van der Waals surface area contributed by atoms with Gasteiger partial charge in [-0.15, -0.1) is 0 Å². The van der Waals surface area contributed by atoms with Crippen LogP contribution in [0.25, 0.3) is 11.2 Å². The lowest BCUT2D eigenvalue weighted by Crippen LogP contribution is -2.31. The van der Waals surface area contributed by atoms with Crippen molar-refractivity contribution in [2.24, 2.45) is 7.05 Å². The molecule has 5 heterocycles. The highest BCUT2D eigenvalue weighted by atomic mass is 15.3. The number of benzene rings is 1. The third kappa shape index (κ3) is 4.31. The van der Waals surface area contributed by atoms with E-state index >= 15 is 0 Å². The lowest BCUT2D eigenvalue weighted by Gasteiger charge is -2.26. The number of nitrogens with one attached hydrogen (secondary N) is 1. The number of rotatable bonds is 5. The summed E-state index contributed by atoms with van der Waals surface area (Å²) in [7, 11) is 2.02. The zero-order valence-corrected chi connectivity index (χ0v) is 20.6. The molecule has 1 atom stereocenters. The van der Waals surface area contributed by atoms with E-state index in [1.807, 2.05) is 24.1 Å². The normalized spacial score (nSPS) is 18.5. The number of imidazole rings is 2. The summed E-state index contributed by atoms with van der Waals surface area (Å²) in [6, 6.07) is 8.79. The second kappa shape index (κ2) is 9.20. The second-order valence-corrected chi connectivity index (χ2v) is 9.76. The molecule has 1 N–H and O–H groups in total. The van der Waals surface area contributed by atoms with Gasteiger partial charge in [0.05, 0.1) is 6.33 Å². The van der Waals surface area contributed by atoms with Gasteiger partial charge in [0.15, 0.2) is 11.5 Å². The molecule has 2 aliphatic heterocycles. The number of hydrogen-bond acceptors (Lipinski definition) is 7. The van der Waals surface area contributed by atoms with Crippen molar-refractivity contribution in [3.8, 4) is 0 Å². The molecular formula is C26H33N9. The third-order valence-corrected chi connectivity index (χ3v) is 7.29. The first kappa shape index (κ1) is 21.9. The van der Waals surface area contributed by atoms with Gasteiger partial charge in [0.2, 0.25) is 5.95 Å². The van der Waals surface area contributed by atoms with Gasteiger partial charge in [0.1, 0.15) is 11.3 Å². The van der Waals surface area contributed by atoms with Gasteiger partial charge in [-0.25, -0.2) is 9.97 Å². The maximum atomic E-state index is 5.04. The summed E-state index contributed by atoms with van der Waals surface area (Å²) in [4.78, 5) is 23.8. The molecule has 3 aromatic heterocycles. The minimum absolute atomic E-state index is 0.367. The molecule has 2 aliphatic rings. The highest BCUT2D eigenvalue weighted by molar-refractivity contribution is 5.85. The number of aromatic nitrogens is 6. The Morgan fingerprint density at radius 1 is 1.00 bits per heavy atom. The van der Waals surface area contributed by atoms with Crippen LogP contribution >= 0.6 is 0 Å². The topological polar surface area (TPSA) is 79.9 Å². The van der Waals surface area contributed by atoms with Crippen LogP contribution in [0.2, 0.25) is 0 Å². The largest absolute Gasteiger partial charge is 0.370 e. The Morgan fingerprint density at radius 2 is 1.89 bits per heavy atom. The molecule has 0 radical (unpaired) electrons. The summed E-state index contributed by atoms with van der Waals surface area (Å²) in [6.45, 7) is 7.85. The minimum atomic E-state index is 0.367. The van der Waals surface area contributed by atoms with E-state index in [1.54, 1.807) is 0 Å². The fraction of sp³-hybridized carbons (Fsp3) is 0.462. The van der Waals surface area contributed by atoms with Gasteiger partial charge in [-0.1, -0.05) is 12.1 Å². The quantitative estimate of drug-likeness (QED) is 0.477. The fourth-order valence-corrected chi connectivity index (χ4v) is 5.46. The van der Waals surface area contributed by atoms with E-state index in [4.69, 9.17) is 9.97 Å². The Labute approximate surface area is 205 Å². The SMILES string of the molecule is Cc1cccc(N2CCCN(c3nc(NCC4CCCn5ccnc54)nc4ncn(C)c34)CC2)c1. The molecule has 1 fully saturated rings.